The Morgan fingerprint density at radius 3 is 2.50 bits per heavy atom. The van der Waals surface area contributed by atoms with E-state index in [1.807, 2.05) is 37.3 Å². The van der Waals surface area contributed by atoms with Crippen molar-refractivity contribution in [3.63, 3.8) is 0 Å². The van der Waals surface area contributed by atoms with Gasteiger partial charge < -0.3 is 5.32 Å². The monoisotopic (exact) mass is 288 g/mol. The highest BCUT2D eigenvalue weighted by Gasteiger charge is 2.12. The number of nitriles is 1. The fraction of sp³-hybridized carbons (Fsp3) is 0.188. The number of hydrogen-bond donors (Lipinski definition) is 1. The fourth-order valence-corrected chi connectivity index (χ4v) is 2.13. The molecular formula is C16H14ClFN2. The van der Waals surface area contributed by atoms with Crippen molar-refractivity contribution in [1.82, 2.24) is 0 Å². The third-order valence-corrected chi connectivity index (χ3v) is 3.36. The average molecular weight is 289 g/mol. The maximum absolute atomic E-state index is 13.9. The number of hydrogen-bond acceptors (Lipinski definition) is 2. The summed E-state index contributed by atoms with van der Waals surface area (Å²) in [6, 6.07) is 13.8. The molecule has 2 aromatic rings. The van der Waals surface area contributed by atoms with Crippen molar-refractivity contribution in [1.29, 1.82) is 5.26 Å². The first-order valence-electron chi connectivity index (χ1n) is 6.35. The zero-order chi connectivity index (χ0) is 14.5. The second-order valence-corrected chi connectivity index (χ2v) is 4.90. The maximum Gasteiger partial charge on any atom is 0.147 e. The van der Waals surface area contributed by atoms with Crippen LogP contribution >= 0.6 is 11.6 Å². The van der Waals surface area contributed by atoms with Gasteiger partial charge in [-0.15, -0.1) is 0 Å². The van der Waals surface area contributed by atoms with Crippen LogP contribution in [0.25, 0.3) is 0 Å². The Bertz CT molecular complexity index is 632. The van der Waals surface area contributed by atoms with E-state index in [1.165, 1.54) is 6.07 Å². The van der Waals surface area contributed by atoms with Crippen molar-refractivity contribution >= 4 is 17.3 Å². The van der Waals surface area contributed by atoms with Gasteiger partial charge >= 0.3 is 0 Å². The number of nitrogens with one attached hydrogen (secondary N) is 1. The van der Waals surface area contributed by atoms with Crippen molar-refractivity contribution < 1.29 is 4.39 Å². The quantitative estimate of drug-likeness (QED) is 0.867. The maximum atomic E-state index is 13.9. The number of halogens is 2. The SMILES string of the molecule is CCC(Nc1ccc(C#N)cc1F)c1ccc(Cl)cc1. The highest BCUT2D eigenvalue weighted by molar-refractivity contribution is 6.30. The van der Waals surface area contributed by atoms with Gasteiger partial charge in [0, 0.05) is 5.02 Å². The third kappa shape index (κ3) is 3.28. The summed E-state index contributed by atoms with van der Waals surface area (Å²) in [5.74, 6) is -0.420. The number of nitrogens with zero attached hydrogens (tertiary/aromatic N) is 1. The van der Waals surface area contributed by atoms with E-state index in [1.54, 1.807) is 12.1 Å². The zero-order valence-electron chi connectivity index (χ0n) is 11.0. The molecule has 0 amide bonds. The molecule has 1 N–H and O–H groups in total. The minimum atomic E-state index is -0.420. The molecule has 0 saturated heterocycles. The molecule has 0 aliphatic carbocycles. The fourth-order valence-electron chi connectivity index (χ4n) is 2.01. The van der Waals surface area contributed by atoms with Gasteiger partial charge in [-0.2, -0.15) is 5.26 Å². The summed E-state index contributed by atoms with van der Waals surface area (Å²) in [6.45, 7) is 2.02. The molecule has 0 saturated carbocycles. The summed E-state index contributed by atoms with van der Waals surface area (Å²) in [5.41, 5.74) is 1.75. The first kappa shape index (κ1) is 14.4. The molecule has 2 aromatic carbocycles. The summed E-state index contributed by atoms with van der Waals surface area (Å²) < 4.78 is 13.9. The lowest BCUT2D eigenvalue weighted by Crippen LogP contribution is -2.10. The Balaban J connectivity index is 2.22. The van der Waals surface area contributed by atoms with E-state index in [0.29, 0.717) is 16.3 Å². The first-order valence-corrected chi connectivity index (χ1v) is 6.73. The van der Waals surface area contributed by atoms with Crippen LogP contribution in [0, 0.1) is 17.1 Å². The van der Waals surface area contributed by atoms with E-state index < -0.39 is 5.82 Å². The second kappa shape index (κ2) is 6.40. The smallest absolute Gasteiger partial charge is 0.147 e. The van der Waals surface area contributed by atoms with Gasteiger partial charge in [-0.25, -0.2) is 4.39 Å². The number of anilines is 1. The molecule has 20 heavy (non-hydrogen) atoms. The van der Waals surface area contributed by atoms with E-state index in [-0.39, 0.29) is 6.04 Å². The van der Waals surface area contributed by atoms with Gasteiger partial charge in [0.15, 0.2) is 0 Å². The number of rotatable bonds is 4. The molecule has 0 aliphatic rings. The molecule has 102 valence electrons. The third-order valence-electron chi connectivity index (χ3n) is 3.11. The van der Waals surface area contributed by atoms with Crippen LogP contribution in [0.3, 0.4) is 0 Å². The minimum Gasteiger partial charge on any atom is -0.376 e. The van der Waals surface area contributed by atoms with Crippen LogP contribution in [0.2, 0.25) is 5.02 Å². The Kier molecular flexibility index (Phi) is 4.60. The molecule has 2 nitrogen and oxygen atoms in total. The van der Waals surface area contributed by atoms with Gasteiger partial charge in [0.2, 0.25) is 0 Å². The Morgan fingerprint density at radius 1 is 1.25 bits per heavy atom. The van der Waals surface area contributed by atoms with Crippen LogP contribution in [-0.4, -0.2) is 0 Å². The second-order valence-electron chi connectivity index (χ2n) is 4.46. The lowest BCUT2D eigenvalue weighted by molar-refractivity contribution is 0.623. The molecule has 0 heterocycles. The molecule has 0 radical (unpaired) electrons. The predicted octanol–water partition coefficient (Wildman–Crippen LogP) is 4.91. The molecule has 4 heteroatoms. The van der Waals surface area contributed by atoms with Crippen LogP contribution < -0.4 is 5.32 Å². The predicted molar refractivity (Wildman–Crippen MR) is 79.2 cm³/mol. The van der Waals surface area contributed by atoms with Crippen LogP contribution in [-0.2, 0) is 0 Å². The molecule has 0 aliphatic heterocycles. The Labute approximate surface area is 122 Å². The molecular weight excluding hydrogens is 275 g/mol. The summed E-state index contributed by atoms with van der Waals surface area (Å²) in [7, 11) is 0. The molecule has 1 atom stereocenters. The van der Waals surface area contributed by atoms with Crippen LogP contribution in [0.4, 0.5) is 10.1 Å². The van der Waals surface area contributed by atoms with Crippen molar-refractivity contribution in [3.05, 3.63) is 64.4 Å². The highest BCUT2D eigenvalue weighted by atomic mass is 35.5. The van der Waals surface area contributed by atoms with Gasteiger partial charge in [0.25, 0.3) is 0 Å². The molecule has 0 fully saturated rings. The largest absolute Gasteiger partial charge is 0.376 e. The molecule has 0 bridgehead atoms. The topological polar surface area (TPSA) is 35.8 Å². The lowest BCUT2D eigenvalue weighted by atomic mass is 10.0. The van der Waals surface area contributed by atoms with Gasteiger partial charge in [0.05, 0.1) is 23.4 Å². The van der Waals surface area contributed by atoms with E-state index in [2.05, 4.69) is 5.32 Å². The van der Waals surface area contributed by atoms with Crippen molar-refractivity contribution in [3.8, 4) is 6.07 Å². The van der Waals surface area contributed by atoms with Gasteiger partial charge in [-0.05, 0) is 42.3 Å². The average Bonchev–Trinajstić information content (AvgIpc) is 2.47. The Hall–Kier alpha value is -2.05. The molecule has 0 spiro atoms. The standard InChI is InChI=1S/C16H14ClFN2/c1-2-15(12-4-6-13(17)7-5-12)20-16-8-3-11(10-19)9-14(16)18/h3-9,15,20H,2H2,1H3. The van der Waals surface area contributed by atoms with Crippen molar-refractivity contribution in [2.75, 3.05) is 5.32 Å². The van der Waals surface area contributed by atoms with Crippen LogP contribution in [0.15, 0.2) is 42.5 Å². The van der Waals surface area contributed by atoms with E-state index >= 15 is 0 Å². The summed E-state index contributed by atoms with van der Waals surface area (Å²) in [4.78, 5) is 0. The van der Waals surface area contributed by atoms with E-state index in [9.17, 15) is 4.39 Å². The van der Waals surface area contributed by atoms with Crippen LogP contribution in [0.5, 0.6) is 0 Å². The van der Waals surface area contributed by atoms with Gasteiger partial charge in [0.1, 0.15) is 5.82 Å². The van der Waals surface area contributed by atoms with E-state index in [4.69, 9.17) is 16.9 Å². The van der Waals surface area contributed by atoms with Gasteiger partial charge in [-0.3, -0.25) is 0 Å². The normalized spacial score (nSPS) is 11.7. The summed E-state index contributed by atoms with van der Waals surface area (Å²) >= 11 is 5.87. The highest BCUT2D eigenvalue weighted by Crippen LogP contribution is 2.25. The summed E-state index contributed by atoms with van der Waals surface area (Å²) in [5, 5.41) is 12.6. The zero-order valence-corrected chi connectivity index (χ0v) is 11.8. The first-order chi connectivity index (χ1) is 9.63. The summed E-state index contributed by atoms with van der Waals surface area (Å²) in [6.07, 6.45) is 0.807. The van der Waals surface area contributed by atoms with Crippen molar-refractivity contribution in [2.45, 2.75) is 19.4 Å². The number of benzene rings is 2. The lowest BCUT2D eigenvalue weighted by Gasteiger charge is -2.19. The van der Waals surface area contributed by atoms with Gasteiger partial charge in [-0.1, -0.05) is 30.7 Å². The minimum absolute atomic E-state index is 0.00491. The molecule has 1 unspecified atom stereocenters. The van der Waals surface area contributed by atoms with Crippen molar-refractivity contribution in [2.24, 2.45) is 0 Å². The molecule has 0 aromatic heterocycles. The van der Waals surface area contributed by atoms with Crippen LogP contribution in [0.1, 0.15) is 30.5 Å². The molecule has 2 rings (SSSR count). The Morgan fingerprint density at radius 2 is 1.95 bits per heavy atom. The van der Waals surface area contributed by atoms with E-state index in [0.717, 1.165) is 12.0 Å².